The van der Waals surface area contributed by atoms with Crippen LogP contribution in [-0.4, -0.2) is 52.5 Å². The number of carbonyl (C=O) groups excluding carboxylic acids is 1. The molecule has 1 amide bonds. The highest BCUT2D eigenvalue weighted by atomic mass is 32.2. The van der Waals surface area contributed by atoms with Crippen LogP contribution >= 0.6 is 0 Å². The van der Waals surface area contributed by atoms with E-state index in [1.807, 2.05) is 11.6 Å². The van der Waals surface area contributed by atoms with Crippen LogP contribution in [0.3, 0.4) is 0 Å². The smallest absolute Gasteiger partial charge is 0.224 e. The lowest BCUT2D eigenvalue weighted by molar-refractivity contribution is -0.134. The fourth-order valence-electron chi connectivity index (χ4n) is 2.65. The topological polar surface area (TPSA) is 85.2 Å². The molecule has 0 N–H and O–H groups in total. The highest BCUT2D eigenvalue weighted by molar-refractivity contribution is 7.90. The van der Waals surface area contributed by atoms with Crippen LogP contribution in [-0.2, 0) is 21.2 Å². The molecular weight excluding hydrogens is 292 g/mol. The highest BCUT2D eigenvalue weighted by Gasteiger charge is 2.34. The Hall–Kier alpha value is -1.44. The molecule has 8 heteroatoms. The maximum absolute atomic E-state index is 12.2. The molecular formula is C13H20N4O3S. The molecule has 21 heavy (non-hydrogen) atoms. The van der Waals surface area contributed by atoms with Gasteiger partial charge in [0.05, 0.1) is 18.3 Å². The fraction of sp³-hybridized carbons (Fsp3) is 0.769. The monoisotopic (exact) mass is 312 g/mol. The molecule has 0 saturated heterocycles. The van der Waals surface area contributed by atoms with E-state index >= 15 is 0 Å². The SMILES string of the molecule is C[C@@H]1c2nc(C3CC3)nn2CCN1C(=O)CCS(C)(=O)=O. The molecule has 1 aromatic rings. The van der Waals surface area contributed by atoms with E-state index in [2.05, 4.69) is 10.1 Å². The molecule has 1 saturated carbocycles. The Labute approximate surface area is 124 Å². The third kappa shape index (κ3) is 3.09. The Kier molecular flexibility index (Phi) is 3.51. The van der Waals surface area contributed by atoms with Crippen LogP contribution < -0.4 is 0 Å². The molecule has 1 atom stereocenters. The normalized spacial score (nSPS) is 22.2. The predicted molar refractivity (Wildman–Crippen MR) is 76.5 cm³/mol. The summed E-state index contributed by atoms with van der Waals surface area (Å²) in [5.74, 6) is 1.97. The summed E-state index contributed by atoms with van der Waals surface area (Å²) in [5.41, 5.74) is 0. The minimum absolute atomic E-state index is 0.0345. The van der Waals surface area contributed by atoms with Gasteiger partial charge in [0.25, 0.3) is 0 Å². The van der Waals surface area contributed by atoms with E-state index in [1.165, 1.54) is 0 Å². The number of hydrogen-bond acceptors (Lipinski definition) is 5. The van der Waals surface area contributed by atoms with Crippen molar-refractivity contribution < 1.29 is 13.2 Å². The standard InChI is InChI=1S/C13H20N4O3S/c1-9-13-14-12(10-3-4-10)15-17(13)7-6-16(9)11(18)5-8-21(2,19)20/h9-10H,3-8H2,1-2H3/t9-/m1/s1. The molecule has 1 aliphatic carbocycles. The van der Waals surface area contributed by atoms with Crippen molar-refractivity contribution in [3.05, 3.63) is 11.6 Å². The van der Waals surface area contributed by atoms with Crippen molar-refractivity contribution in [3.8, 4) is 0 Å². The molecule has 0 bridgehead atoms. The van der Waals surface area contributed by atoms with E-state index in [0.29, 0.717) is 19.0 Å². The second-order valence-corrected chi connectivity index (χ2v) is 8.23. The quantitative estimate of drug-likeness (QED) is 0.808. The van der Waals surface area contributed by atoms with Gasteiger partial charge in [-0.25, -0.2) is 18.1 Å². The second-order valence-electron chi connectivity index (χ2n) is 5.97. The molecule has 116 valence electrons. The number of aromatic nitrogens is 3. The lowest BCUT2D eigenvalue weighted by Crippen LogP contribution is -2.42. The van der Waals surface area contributed by atoms with Crippen molar-refractivity contribution in [2.75, 3.05) is 18.6 Å². The Bertz CT molecular complexity index is 663. The third-order valence-corrected chi connectivity index (χ3v) is 5.01. The van der Waals surface area contributed by atoms with E-state index in [0.717, 1.165) is 30.7 Å². The average molecular weight is 312 g/mol. The molecule has 0 unspecified atom stereocenters. The van der Waals surface area contributed by atoms with Crippen molar-refractivity contribution in [2.24, 2.45) is 0 Å². The molecule has 7 nitrogen and oxygen atoms in total. The Morgan fingerprint density at radius 1 is 1.33 bits per heavy atom. The van der Waals surface area contributed by atoms with Crippen molar-refractivity contribution in [1.29, 1.82) is 0 Å². The fourth-order valence-corrected chi connectivity index (χ4v) is 3.20. The summed E-state index contributed by atoms with van der Waals surface area (Å²) in [6.07, 6.45) is 3.48. The largest absolute Gasteiger partial charge is 0.331 e. The van der Waals surface area contributed by atoms with Gasteiger partial charge >= 0.3 is 0 Å². The number of carbonyl (C=O) groups is 1. The van der Waals surface area contributed by atoms with E-state index in [9.17, 15) is 13.2 Å². The van der Waals surface area contributed by atoms with Crippen LogP contribution in [0.25, 0.3) is 0 Å². The summed E-state index contributed by atoms with van der Waals surface area (Å²) in [4.78, 5) is 18.5. The van der Waals surface area contributed by atoms with Crippen LogP contribution in [0.5, 0.6) is 0 Å². The van der Waals surface area contributed by atoms with Gasteiger partial charge in [0, 0.05) is 25.1 Å². The van der Waals surface area contributed by atoms with Gasteiger partial charge in [0.2, 0.25) is 5.91 Å². The zero-order valence-electron chi connectivity index (χ0n) is 12.3. The van der Waals surface area contributed by atoms with Crippen LogP contribution in [0.4, 0.5) is 0 Å². The first kappa shape index (κ1) is 14.5. The maximum atomic E-state index is 12.2. The van der Waals surface area contributed by atoms with E-state index in [4.69, 9.17) is 0 Å². The molecule has 0 radical (unpaired) electrons. The van der Waals surface area contributed by atoms with Crippen LogP contribution in [0.1, 0.15) is 49.8 Å². The van der Waals surface area contributed by atoms with Gasteiger partial charge in [0.15, 0.2) is 5.82 Å². The van der Waals surface area contributed by atoms with Crippen LogP contribution in [0.15, 0.2) is 0 Å². The molecule has 1 aromatic heterocycles. The van der Waals surface area contributed by atoms with Gasteiger partial charge in [-0.1, -0.05) is 0 Å². The van der Waals surface area contributed by atoms with Gasteiger partial charge in [-0.3, -0.25) is 4.79 Å². The average Bonchev–Trinajstić information content (AvgIpc) is 3.15. The van der Waals surface area contributed by atoms with Gasteiger partial charge in [0.1, 0.15) is 15.7 Å². The van der Waals surface area contributed by atoms with Crippen LogP contribution in [0.2, 0.25) is 0 Å². The summed E-state index contributed by atoms with van der Waals surface area (Å²) in [5, 5.41) is 4.51. The Morgan fingerprint density at radius 2 is 2.05 bits per heavy atom. The summed E-state index contributed by atoms with van der Waals surface area (Å²) >= 11 is 0. The second kappa shape index (κ2) is 5.08. The molecule has 2 aliphatic rings. The van der Waals surface area contributed by atoms with Gasteiger partial charge < -0.3 is 4.90 Å². The van der Waals surface area contributed by atoms with E-state index in [1.54, 1.807) is 4.90 Å². The lowest BCUT2D eigenvalue weighted by atomic mass is 10.2. The molecule has 3 rings (SSSR count). The number of fused-ring (bicyclic) bond motifs is 1. The summed E-state index contributed by atoms with van der Waals surface area (Å²) in [6, 6.07) is -0.147. The minimum atomic E-state index is -3.12. The van der Waals surface area contributed by atoms with Gasteiger partial charge in [-0.2, -0.15) is 5.10 Å². The summed E-state index contributed by atoms with van der Waals surface area (Å²) in [7, 11) is -3.12. The van der Waals surface area contributed by atoms with Crippen LogP contribution in [0, 0.1) is 0 Å². The molecule has 0 aromatic carbocycles. The minimum Gasteiger partial charge on any atom is -0.331 e. The Morgan fingerprint density at radius 3 is 2.67 bits per heavy atom. The number of sulfone groups is 1. The van der Waals surface area contributed by atoms with Gasteiger partial charge in [-0.05, 0) is 19.8 Å². The van der Waals surface area contributed by atoms with E-state index in [-0.39, 0.29) is 24.1 Å². The highest BCUT2D eigenvalue weighted by Crippen LogP contribution is 2.39. The molecule has 2 heterocycles. The zero-order valence-corrected chi connectivity index (χ0v) is 13.1. The number of amides is 1. The maximum Gasteiger partial charge on any atom is 0.224 e. The molecule has 1 fully saturated rings. The first-order chi connectivity index (χ1) is 9.85. The first-order valence-electron chi connectivity index (χ1n) is 7.27. The first-order valence-corrected chi connectivity index (χ1v) is 9.33. The van der Waals surface area contributed by atoms with Gasteiger partial charge in [-0.15, -0.1) is 0 Å². The van der Waals surface area contributed by atoms with Crippen molar-refractivity contribution in [2.45, 2.75) is 44.7 Å². The third-order valence-electron chi connectivity index (χ3n) is 4.06. The van der Waals surface area contributed by atoms with E-state index < -0.39 is 9.84 Å². The van der Waals surface area contributed by atoms with Crippen molar-refractivity contribution in [1.82, 2.24) is 19.7 Å². The number of rotatable bonds is 4. The van der Waals surface area contributed by atoms with Crippen molar-refractivity contribution in [3.63, 3.8) is 0 Å². The zero-order chi connectivity index (χ0) is 15.2. The lowest BCUT2D eigenvalue weighted by Gasteiger charge is -2.32. The van der Waals surface area contributed by atoms with Crippen molar-refractivity contribution >= 4 is 15.7 Å². The predicted octanol–water partition coefficient (Wildman–Crippen LogP) is 0.493. The number of hydrogen-bond donors (Lipinski definition) is 0. The molecule has 1 aliphatic heterocycles. The molecule has 0 spiro atoms. The Balaban J connectivity index is 1.72. The summed E-state index contributed by atoms with van der Waals surface area (Å²) < 4.78 is 24.3. The number of nitrogens with zero attached hydrogens (tertiary/aromatic N) is 4. The summed E-state index contributed by atoms with van der Waals surface area (Å²) in [6.45, 7) is 3.11.